The van der Waals surface area contributed by atoms with Gasteiger partial charge in [-0.3, -0.25) is 14.6 Å². The summed E-state index contributed by atoms with van der Waals surface area (Å²) in [4.78, 5) is 25.5. The monoisotopic (exact) mass is 466 g/mol. The van der Waals surface area contributed by atoms with E-state index in [1.807, 2.05) is 5.48 Å². The Morgan fingerprint density at radius 1 is 0.909 bits per heavy atom. The van der Waals surface area contributed by atoms with E-state index in [1.54, 1.807) is 0 Å². The fourth-order valence-electron chi connectivity index (χ4n) is 3.07. The molecular formula is C21H12F6N4O2. The molecule has 0 aliphatic rings. The number of nitrogens with one attached hydrogen (secondary N) is 1. The van der Waals surface area contributed by atoms with Gasteiger partial charge >= 0.3 is 5.91 Å². The molecule has 0 saturated heterocycles. The van der Waals surface area contributed by atoms with Gasteiger partial charge < -0.3 is 4.57 Å². The molecule has 0 saturated carbocycles. The highest BCUT2D eigenvalue weighted by Crippen LogP contribution is 2.23. The van der Waals surface area contributed by atoms with Crippen molar-refractivity contribution in [3.05, 3.63) is 94.6 Å². The van der Waals surface area contributed by atoms with Gasteiger partial charge in [0.1, 0.15) is 12.4 Å². The third-order valence-electron chi connectivity index (χ3n) is 4.69. The van der Waals surface area contributed by atoms with Gasteiger partial charge in [-0.15, -0.1) is 0 Å². The Hall–Kier alpha value is -3.93. The Morgan fingerprint density at radius 2 is 1.55 bits per heavy atom. The number of fused-ring (bicyclic) bond motifs is 1. The molecule has 2 aromatic carbocycles. The number of hydroxylamine groups is 1. The Bertz CT molecular complexity index is 1330. The van der Waals surface area contributed by atoms with Crippen LogP contribution in [0.4, 0.5) is 26.3 Å². The van der Waals surface area contributed by atoms with Crippen LogP contribution in [-0.4, -0.2) is 20.4 Å². The van der Waals surface area contributed by atoms with Gasteiger partial charge in [0.25, 0.3) is 0 Å². The van der Waals surface area contributed by atoms with E-state index in [0.29, 0.717) is 16.6 Å². The molecular weight excluding hydrogens is 454 g/mol. The summed E-state index contributed by atoms with van der Waals surface area (Å²) in [5.41, 5.74) is 2.08. The van der Waals surface area contributed by atoms with Gasteiger partial charge in [0.2, 0.25) is 11.6 Å². The zero-order valence-corrected chi connectivity index (χ0v) is 16.4. The Morgan fingerprint density at radius 3 is 2.21 bits per heavy atom. The third-order valence-corrected chi connectivity index (χ3v) is 4.69. The van der Waals surface area contributed by atoms with Gasteiger partial charge in [0, 0.05) is 12.7 Å². The van der Waals surface area contributed by atoms with Crippen LogP contribution in [0.2, 0.25) is 0 Å². The lowest BCUT2D eigenvalue weighted by Crippen LogP contribution is -2.27. The number of hydrogen-bond donors (Lipinski definition) is 1. The van der Waals surface area contributed by atoms with E-state index in [2.05, 4.69) is 9.97 Å². The van der Waals surface area contributed by atoms with Crippen molar-refractivity contribution in [2.45, 2.75) is 13.2 Å². The van der Waals surface area contributed by atoms with E-state index in [1.165, 1.54) is 47.3 Å². The number of amides is 1. The van der Waals surface area contributed by atoms with Gasteiger partial charge in [-0.1, -0.05) is 12.1 Å². The number of imidazole rings is 1. The maximum absolute atomic E-state index is 13.8. The zero-order valence-electron chi connectivity index (χ0n) is 16.4. The lowest BCUT2D eigenvalue weighted by molar-refractivity contribution is 0.0197. The van der Waals surface area contributed by atoms with Crippen molar-refractivity contribution in [2.75, 3.05) is 0 Å². The average molecular weight is 466 g/mol. The van der Waals surface area contributed by atoms with E-state index >= 15 is 0 Å². The lowest BCUT2D eigenvalue weighted by atomic mass is 10.2. The predicted molar refractivity (Wildman–Crippen MR) is 102 cm³/mol. The predicted octanol–water partition coefficient (Wildman–Crippen LogP) is 4.18. The van der Waals surface area contributed by atoms with Gasteiger partial charge in [0.05, 0.1) is 22.8 Å². The maximum Gasteiger partial charge on any atom is 0.310 e. The standard InChI is InChI=1S/C21H12F6N4O2/c22-11-3-1-10(2-4-11)8-31-14-7-28-6-5-13(14)29-20(31)21(32)30-33-9-12-15(23)17(25)19(27)18(26)16(12)24/h1-7H,8-9H2,(H,30,32). The van der Waals surface area contributed by atoms with Crippen molar-refractivity contribution in [2.24, 2.45) is 0 Å². The Labute approximate surface area is 181 Å². The quantitative estimate of drug-likeness (QED) is 0.200. The molecule has 0 aliphatic carbocycles. The number of nitrogens with zero attached hydrogens (tertiary/aromatic N) is 3. The molecule has 0 bridgehead atoms. The Balaban J connectivity index is 1.57. The number of rotatable bonds is 6. The van der Waals surface area contributed by atoms with Crippen molar-refractivity contribution in [3.63, 3.8) is 0 Å². The minimum atomic E-state index is -2.30. The molecule has 0 spiro atoms. The van der Waals surface area contributed by atoms with Crippen molar-refractivity contribution in [1.82, 2.24) is 20.0 Å². The topological polar surface area (TPSA) is 69.0 Å². The van der Waals surface area contributed by atoms with Crippen LogP contribution in [0.5, 0.6) is 0 Å². The number of carbonyl (C=O) groups is 1. The SMILES string of the molecule is O=C(NOCc1c(F)c(F)c(F)c(F)c1F)c1nc2ccncc2n1Cc1ccc(F)cc1. The first-order valence-corrected chi connectivity index (χ1v) is 9.25. The molecule has 12 heteroatoms. The molecule has 170 valence electrons. The largest absolute Gasteiger partial charge is 0.314 e. The molecule has 4 aromatic rings. The molecule has 0 radical (unpaired) electrons. The van der Waals surface area contributed by atoms with Crippen LogP contribution in [0.1, 0.15) is 21.7 Å². The highest BCUT2D eigenvalue weighted by atomic mass is 19.2. The molecule has 4 rings (SSSR count). The van der Waals surface area contributed by atoms with E-state index < -0.39 is 53.0 Å². The molecule has 0 aliphatic heterocycles. The maximum atomic E-state index is 13.8. The highest BCUT2D eigenvalue weighted by molar-refractivity contribution is 5.94. The third kappa shape index (κ3) is 4.24. The number of benzene rings is 2. The van der Waals surface area contributed by atoms with Crippen LogP contribution in [0.3, 0.4) is 0 Å². The molecule has 0 atom stereocenters. The zero-order chi connectivity index (χ0) is 23.7. The van der Waals surface area contributed by atoms with Crippen LogP contribution in [0.15, 0.2) is 42.7 Å². The molecule has 1 amide bonds. The summed E-state index contributed by atoms with van der Waals surface area (Å²) in [5, 5.41) is 0. The van der Waals surface area contributed by atoms with Crippen molar-refractivity contribution in [1.29, 1.82) is 0 Å². The second-order valence-corrected chi connectivity index (χ2v) is 6.78. The summed E-state index contributed by atoms with van der Waals surface area (Å²) < 4.78 is 81.9. The molecule has 0 unspecified atom stereocenters. The normalized spacial score (nSPS) is 11.2. The summed E-state index contributed by atoms with van der Waals surface area (Å²) in [6, 6.07) is 7.00. The van der Waals surface area contributed by atoms with Crippen molar-refractivity contribution >= 4 is 16.9 Å². The van der Waals surface area contributed by atoms with Gasteiger partial charge in [-0.2, -0.15) is 0 Å². The fraction of sp³-hybridized carbons (Fsp3) is 0.0952. The molecule has 1 N–H and O–H groups in total. The van der Waals surface area contributed by atoms with Crippen molar-refractivity contribution < 1.29 is 36.0 Å². The van der Waals surface area contributed by atoms with E-state index in [-0.39, 0.29) is 12.4 Å². The number of aromatic nitrogens is 3. The Kier molecular flexibility index (Phi) is 6.01. The number of halogens is 6. The second kappa shape index (κ2) is 8.90. The van der Waals surface area contributed by atoms with Gasteiger partial charge in [-0.05, 0) is 23.8 Å². The van der Waals surface area contributed by atoms with Crippen LogP contribution in [0, 0.1) is 34.9 Å². The van der Waals surface area contributed by atoms with E-state index in [0.717, 1.165) is 0 Å². The molecule has 2 aromatic heterocycles. The lowest BCUT2D eigenvalue weighted by Gasteiger charge is -2.11. The van der Waals surface area contributed by atoms with Gasteiger partial charge in [-0.25, -0.2) is 36.8 Å². The molecule has 6 nitrogen and oxygen atoms in total. The fourth-order valence-corrected chi connectivity index (χ4v) is 3.07. The molecule has 33 heavy (non-hydrogen) atoms. The molecule has 2 heterocycles. The van der Waals surface area contributed by atoms with Crippen LogP contribution in [-0.2, 0) is 18.0 Å². The summed E-state index contributed by atoms with van der Waals surface area (Å²) in [6.07, 6.45) is 2.89. The minimum absolute atomic E-state index is 0.0862. The summed E-state index contributed by atoms with van der Waals surface area (Å²) in [5.74, 6) is -12.3. The first kappa shape index (κ1) is 22.3. The second-order valence-electron chi connectivity index (χ2n) is 6.78. The summed E-state index contributed by atoms with van der Waals surface area (Å²) in [7, 11) is 0. The van der Waals surface area contributed by atoms with Crippen molar-refractivity contribution in [3.8, 4) is 0 Å². The number of carbonyl (C=O) groups excluding carboxylic acids is 1. The van der Waals surface area contributed by atoms with E-state index in [4.69, 9.17) is 4.84 Å². The minimum Gasteiger partial charge on any atom is -0.314 e. The van der Waals surface area contributed by atoms with Crippen LogP contribution in [0.25, 0.3) is 11.0 Å². The van der Waals surface area contributed by atoms with Crippen LogP contribution < -0.4 is 5.48 Å². The smallest absolute Gasteiger partial charge is 0.310 e. The highest BCUT2D eigenvalue weighted by Gasteiger charge is 2.26. The van der Waals surface area contributed by atoms with Crippen LogP contribution >= 0.6 is 0 Å². The number of hydrogen-bond acceptors (Lipinski definition) is 4. The summed E-state index contributed by atoms with van der Waals surface area (Å²) in [6.45, 7) is -1.06. The average Bonchev–Trinajstić information content (AvgIpc) is 3.18. The first-order chi connectivity index (χ1) is 15.8. The first-order valence-electron chi connectivity index (χ1n) is 9.25. The van der Waals surface area contributed by atoms with E-state index in [9.17, 15) is 31.1 Å². The van der Waals surface area contributed by atoms with Gasteiger partial charge in [0.15, 0.2) is 23.3 Å². The molecule has 0 fully saturated rings. The summed E-state index contributed by atoms with van der Waals surface area (Å²) >= 11 is 0. The number of pyridine rings is 1.